The second-order valence-corrected chi connectivity index (χ2v) is 6.36. The molecular weight excluding hydrogens is 316 g/mol. The lowest BCUT2D eigenvalue weighted by atomic mass is 9.86. The van der Waals surface area contributed by atoms with Gasteiger partial charge in [-0.25, -0.2) is 0 Å². The van der Waals surface area contributed by atoms with Gasteiger partial charge in [-0.05, 0) is 32.9 Å². The highest BCUT2D eigenvalue weighted by Crippen LogP contribution is 2.43. The highest BCUT2D eigenvalue weighted by molar-refractivity contribution is 5.73. The number of hydrogen-bond acceptors (Lipinski definition) is 7. The van der Waals surface area contributed by atoms with Crippen LogP contribution < -0.4 is 21.5 Å². The van der Waals surface area contributed by atoms with E-state index in [0.29, 0.717) is 24.3 Å². The van der Waals surface area contributed by atoms with Crippen LogP contribution >= 0.6 is 0 Å². The van der Waals surface area contributed by atoms with Gasteiger partial charge in [-0.2, -0.15) is 0 Å². The highest BCUT2D eigenvalue weighted by atomic mass is 16.6. The summed E-state index contributed by atoms with van der Waals surface area (Å²) in [5.74, 6) is -0.0940. The van der Waals surface area contributed by atoms with Gasteiger partial charge in [0.2, 0.25) is 5.91 Å². The predicted octanol–water partition coefficient (Wildman–Crippen LogP) is 0.605. The molecule has 1 aliphatic heterocycles. The third-order valence-corrected chi connectivity index (χ3v) is 4.06. The number of carbonyl (C=O) groups is 1. The fraction of sp³-hybridized carbons (Fsp3) is 0.533. The number of hydrogen-bond donors (Lipinski definition) is 4. The number of fused-ring (bicyclic) bond motifs is 1. The third-order valence-electron chi connectivity index (χ3n) is 4.06. The number of nitro benzene ring substituents is 1. The highest BCUT2D eigenvalue weighted by Gasteiger charge is 2.43. The first kappa shape index (κ1) is 18.0. The number of amides is 1. The molecule has 1 amide bonds. The zero-order valence-electron chi connectivity index (χ0n) is 13.6. The first-order valence-electron chi connectivity index (χ1n) is 7.60. The molecule has 0 radical (unpaired) electrons. The molecule has 0 aliphatic carbocycles. The van der Waals surface area contributed by atoms with Crippen LogP contribution in [0.1, 0.15) is 38.3 Å². The quantitative estimate of drug-likeness (QED) is 0.256. The van der Waals surface area contributed by atoms with Crippen molar-refractivity contribution in [3.8, 4) is 5.75 Å². The van der Waals surface area contributed by atoms with Crippen molar-refractivity contribution in [2.75, 3.05) is 12.3 Å². The number of nitrogen functional groups attached to an aromatic ring is 1. The summed E-state index contributed by atoms with van der Waals surface area (Å²) in [5.41, 5.74) is 10.2. The Morgan fingerprint density at radius 1 is 1.50 bits per heavy atom. The molecule has 2 atom stereocenters. The summed E-state index contributed by atoms with van der Waals surface area (Å²) in [6.07, 6.45) is -0.165. The lowest BCUT2D eigenvalue weighted by Gasteiger charge is -2.42. The molecule has 1 aliphatic rings. The minimum atomic E-state index is -0.946. The third kappa shape index (κ3) is 3.57. The van der Waals surface area contributed by atoms with Gasteiger partial charge < -0.3 is 26.6 Å². The lowest BCUT2D eigenvalue weighted by molar-refractivity contribution is -0.384. The average Bonchev–Trinajstić information content (AvgIpc) is 2.46. The number of aliphatic hydroxyl groups excluding tert-OH is 1. The number of nitro groups is 1. The van der Waals surface area contributed by atoms with E-state index in [-0.39, 0.29) is 17.8 Å². The van der Waals surface area contributed by atoms with E-state index >= 15 is 0 Å². The van der Waals surface area contributed by atoms with E-state index in [2.05, 4.69) is 5.32 Å². The minimum Gasteiger partial charge on any atom is -0.484 e. The molecule has 0 aromatic heterocycles. The Labute approximate surface area is 139 Å². The monoisotopic (exact) mass is 338 g/mol. The number of nitrogens with two attached hydrogens (primary N) is 2. The Kier molecular flexibility index (Phi) is 4.95. The van der Waals surface area contributed by atoms with Gasteiger partial charge in [0, 0.05) is 12.0 Å². The van der Waals surface area contributed by atoms with Gasteiger partial charge >= 0.3 is 0 Å². The second-order valence-electron chi connectivity index (χ2n) is 6.36. The summed E-state index contributed by atoms with van der Waals surface area (Å²) in [5, 5.41) is 24.8. The molecule has 1 heterocycles. The van der Waals surface area contributed by atoms with Crippen LogP contribution in [-0.2, 0) is 4.79 Å². The van der Waals surface area contributed by atoms with Crippen molar-refractivity contribution in [3.05, 3.63) is 27.8 Å². The fourth-order valence-corrected chi connectivity index (χ4v) is 2.75. The normalized spacial score (nSPS) is 21.6. The molecule has 6 N–H and O–H groups in total. The molecule has 0 bridgehead atoms. The van der Waals surface area contributed by atoms with Gasteiger partial charge in [0.15, 0.2) is 0 Å². The molecule has 0 spiro atoms. The molecule has 1 aromatic carbocycles. The summed E-state index contributed by atoms with van der Waals surface area (Å²) in [6, 6.07) is 2.19. The van der Waals surface area contributed by atoms with E-state index in [1.165, 1.54) is 12.1 Å². The van der Waals surface area contributed by atoms with Crippen LogP contribution in [0.2, 0.25) is 0 Å². The van der Waals surface area contributed by atoms with Crippen molar-refractivity contribution in [1.29, 1.82) is 0 Å². The van der Waals surface area contributed by atoms with Crippen LogP contribution in [0.4, 0.5) is 11.4 Å². The van der Waals surface area contributed by atoms with Gasteiger partial charge in [-0.15, -0.1) is 0 Å². The molecule has 24 heavy (non-hydrogen) atoms. The second kappa shape index (κ2) is 6.62. The topological polar surface area (TPSA) is 154 Å². The molecule has 2 rings (SSSR count). The van der Waals surface area contributed by atoms with Crippen LogP contribution in [0.5, 0.6) is 5.75 Å². The van der Waals surface area contributed by atoms with Crippen molar-refractivity contribution >= 4 is 17.3 Å². The maximum atomic E-state index is 11.1. The number of ether oxygens (including phenoxy) is 1. The molecular formula is C15H22N4O5. The summed E-state index contributed by atoms with van der Waals surface area (Å²) >= 11 is 0. The number of nitrogens with zero attached hydrogens (tertiary/aromatic N) is 1. The molecule has 0 saturated carbocycles. The Morgan fingerprint density at radius 3 is 2.75 bits per heavy atom. The van der Waals surface area contributed by atoms with Gasteiger partial charge in [0.1, 0.15) is 23.1 Å². The lowest BCUT2D eigenvalue weighted by Crippen LogP contribution is -2.52. The number of benzene rings is 1. The number of nitrogens with one attached hydrogen (secondary N) is 1. The Balaban J connectivity index is 2.32. The predicted molar refractivity (Wildman–Crippen MR) is 87.4 cm³/mol. The average molecular weight is 338 g/mol. The van der Waals surface area contributed by atoms with E-state index in [1.807, 2.05) is 0 Å². The number of carbonyl (C=O) groups excluding carboxylic acids is 1. The van der Waals surface area contributed by atoms with E-state index in [0.717, 1.165) is 0 Å². The molecule has 1 aromatic rings. The van der Waals surface area contributed by atoms with Crippen molar-refractivity contribution in [1.82, 2.24) is 5.32 Å². The SMILES string of the molecule is CC1(C)Oc2cc([N+](=O)[O-])c(N)cc2C(NCCCC(N)=O)C1O. The van der Waals surface area contributed by atoms with Crippen molar-refractivity contribution in [2.24, 2.45) is 5.73 Å². The number of primary amides is 1. The summed E-state index contributed by atoms with van der Waals surface area (Å²) in [7, 11) is 0. The van der Waals surface area contributed by atoms with E-state index in [1.54, 1.807) is 13.8 Å². The maximum absolute atomic E-state index is 11.1. The standard InChI is InChI=1S/C15H22N4O5/c1-15(2)14(21)13(18-5-3-4-12(17)20)8-6-9(16)10(19(22)23)7-11(8)24-15/h6-7,13-14,18,21H,3-5,16H2,1-2H3,(H2,17,20). The largest absolute Gasteiger partial charge is 0.484 e. The van der Waals surface area contributed by atoms with Gasteiger partial charge in [0.25, 0.3) is 5.69 Å². The molecule has 9 nitrogen and oxygen atoms in total. The van der Waals surface area contributed by atoms with Crippen LogP contribution in [0, 0.1) is 10.1 Å². The summed E-state index contributed by atoms with van der Waals surface area (Å²) in [6.45, 7) is 3.83. The van der Waals surface area contributed by atoms with Gasteiger partial charge in [0.05, 0.1) is 17.0 Å². The first-order chi connectivity index (χ1) is 11.1. The molecule has 0 saturated heterocycles. The number of rotatable bonds is 6. The summed E-state index contributed by atoms with van der Waals surface area (Å²) < 4.78 is 5.73. The smallest absolute Gasteiger partial charge is 0.295 e. The maximum Gasteiger partial charge on any atom is 0.295 e. The van der Waals surface area contributed by atoms with Crippen LogP contribution in [0.25, 0.3) is 0 Å². The van der Waals surface area contributed by atoms with Gasteiger partial charge in [-0.3, -0.25) is 14.9 Å². The molecule has 2 unspecified atom stereocenters. The molecule has 0 fully saturated rings. The van der Waals surface area contributed by atoms with E-state index in [9.17, 15) is 20.0 Å². The zero-order valence-corrected chi connectivity index (χ0v) is 13.6. The van der Waals surface area contributed by atoms with E-state index in [4.69, 9.17) is 16.2 Å². The minimum absolute atomic E-state index is 0.00167. The van der Waals surface area contributed by atoms with Crippen molar-refractivity contribution in [3.63, 3.8) is 0 Å². The summed E-state index contributed by atoms with van der Waals surface area (Å²) in [4.78, 5) is 21.3. The number of anilines is 1. The van der Waals surface area contributed by atoms with E-state index < -0.39 is 28.6 Å². The molecule has 132 valence electrons. The van der Waals surface area contributed by atoms with Crippen LogP contribution in [0.15, 0.2) is 12.1 Å². The Hall–Kier alpha value is -2.39. The van der Waals surface area contributed by atoms with Crippen molar-refractivity contribution in [2.45, 2.75) is 44.4 Å². The zero-order chi connectivity index (χ0) is 18.1. The molecule has 9 heteroatoms. The Bertz CT molecular complexity index is 662. The first-order valence-corrected chi connectivity index (χ1v) is 7.60. The fourth-order valence-electron chi connectivity index (χ4n) is 2.75. The van der Waals surface area contributed by atoms with Crippen LogP contribution in [0.3, 0.4) is 0 Å². The van der Waals surface area contributed by atoms with Gasteiger partial charge in [-0.1, -0.05) is 0 Å². The van der Waals surface area contributed by atoms with Crippen molar-refractivity contribution < 1.29 is 19.6 Å². The Morgan fingerprint density at radius 2 is 2.17 bits per heavy atom. The number of aliphatic hydroxyl groups is 1. The van der Waals surface area contributed by atoms with Crippen LogP contribution in [-0.4, -0.2) is 34.2 Å².